The largest absolute Gasteiger partial charge is 0.349 e. The maximum Gasteiger partial charge on any atom is 0.257 e. The molecule has 0 spiro atoms. The van der Waals surface area contributed by atoms with Crippen LogP contribution in [-0.2, 0) is 0 Å². The van der Waals surface area contributed by atoms with Crippen LogP contribution in [0.25, 0.3) is 0 Å². The van der Waals surface area contributed by atoms with Crippen LogP contribution in [-0.4, -0.2) is 35.9 Å². The van der Waals surface area contributed by atoms with Gasteiger partial charge in [0.05, 0.1) is 5.56 Å². The van der Waals surface area contributed by atoms with Crippen LogP contribution in [0, 0.1) is 5.92 Å². The number of amides is 2. The van der Waals surface area contributed by atoms with Gasteiger partial charge in [-0.3, -0.25) is 14.6 Å². The molecule has 0 saturated carbocycles. The third-order valence-corrected chi connectivity index (χ3v) is 4.41. The number of aromatic nitrogens is 1. The van der Waals surface area contributed by atoms with Crippen LogP contribution >= 0.6 is 0 Å². The van der Waals surface area contributed by atoms with Crippen molar-refractivity contribution < 1.29 is 9.59 Å². The number of carbonyl (C=O) groups excluding carboxylic acids is 2. The lowest BCUT2D eigenvalue weighted by Crippen LogP contribution is -2.48. The van der Waals surface area contributed by atoms with E-state index in [4.69, 9.17) is 0 Å². The van der Waals surface area contributed by atoms with Gasteiger partial charge in [0.2, 0.25) is 0 Å². The minimum Gasteiger partial charge on any atom is -0.349 e. The molecule has 1 fully saturated rings. The molecule has 2 heterocycles. The SMILES string of the molecule is CC1CNCCC1NC(=O)c1cccc(NC(=O)c2cccnc2)c1. The van der Waals surface area contributed by atoms with Crippen LogP contribution in [0.3, 0.4) is 0 Å². The maximum atomic E-state index is 12.5. The number of pyridine rings is 1. The lowest BCUT2D eigenvalue weighted by atomic mass is 9.95. The number of benzene rings is 1. The summed E-state index contributed by atoms with van der Waals surface area (Å²) in [6.45, 7) is 3.95. The molecule has 2 amide bonds. The second-order valence-corrected chi connectivity index (χ2v) is 6.33. The molecule has 0 aliphatic carbocycles. The van der Waals surface area contributed by atoms with Crippen molar-refractivity contribution in [1.82, 2.24) is 15.6 Å². The van der Waals surface area contributed by atoms with Crippen molar-refractivity contribution in [2.45, 2.75) is 19.4 Å². The average Bonchev–Trinajstić information content (AvgIpc) is 2.64. The number of piperidine rings is 1. The standard InChI is InChI=1S/C19H22N4O2/c1-13-11-21-9-7-17(13)23-18(24)14-4-2-6-16(10-14)22-19(25)15-5-3-8-20-12-15/h2-6,8,10,12-13,17,21H,7,9,11H2,1H3,(H,22,25)(H,23,24). The molecule has 2 atom stereocenters. The normalized spacial score (nSPS) is 19.9. The number of carbonyl (C=O) groups is 2. The summed E-state index contributed by atoms with van der Waals surface area (Å²) in [5.41, 5.74) is 1.59. The highest BCUT2D eigenvalue weighted by Gasteiger charge is 2.23. The fraction of sp³-hybridized carbons (Fsp3) is 0.316. The molecule has 1 aromatic carbocycles. The molecule has 1 aliphatic heterocycles. The highest BCUT2D eigenvalue weighted by Crippen LogP contribution is 2.15. The monoisotopic (exact) mass is 338 g/mol. The predicted octanol–water partition coefficient (Wildman–Crippen LogP) is 2.06. The first-order valence-corrected chi connectivity index (χ1v) is 8.46. The van der Waals surface area contributed by atoms with Gasteiger partial charge in [0.25, 0.3) is 11.8 Å². The smallest absolute Gasteiger partial charge is 0.257 e. The number of nitrogens with one attached hydrogen (secondary N) is 3. The Morgan fingerprint density at radius 1 is 1.16 bits per heavy atom. The molecular weight excluding hydrogens is 316 g/mol. The van der Waals surface area contributed by atoms with Crippen molar-refractivity contribution in [2.24, 2.45) is 5.92 Å². The van der Waals surface area contributed by atoms with E-state index in [1.54, 1.807) is 42.6 Å². The van der Waals surface area contributed by atoms with E-state index in [2.05, 4.69) is 27.9 Å². The zero-order chi connectivity index (χ0) is 17.6. The number of anilines is 1. The predicted molar refractivity (Wildman–Crippen MR) is 96.5 cm³/mol. The minimum atomic E-state index is -0.252. The Morgan fingerprint density at radius 2 is 2.00 bits per heavy atom. The van der Waals surface area contributed by atoms with E-state index in [-0.39, 0.29) is 17.9 Å². The van der Waals surface area contributed by atoms with Gasteiger partial charge in [-0.1, -0.05) is 13.0 Å². The molecule has 1 saturated heterocycles. The van der Waals surface area contributed by atoms with E-state index in [9.17, 15) is 9.59 Å². The minimum absolute atomic E-state index is 0.115. The first-order valence-electron chi connectivity index (χ1n) is 8.46. The number of hydrogen-bond donors (Lipinski definition) is 3. The summed E-state index contributed by atoms with van der Waals surface area (Å²) < 4.78 is 0. The highest BCUT2D eigenvalue weighted by molar-refractivity contribution is 6.04. The summed E-state index contributed by atoms with van der Waals surface area (Å²) in [5.74, 6) is 0.0278. The number of rotatable bonds is 4. The third kappa shape index (κ3) is 4.42. The van der Waals surface area contributed by atoms with Gasteiger partial charge >= 0.3 is 0 Å². The van der Waals surface area contributed by atoms with Gasteiger partial charge in [-0.15, -0.1) is 0 Å². The highest BCUT2D eigenvalue weighted by atomic mass is 16.2. The Balaban J connectivity index is 1.66. The van der Waals surface area contributed by atoms with Gasteiger partial charge < -0.3 is 16.0 Å². The van der Waals surface area contributed by atoms with Crippen molar-refractivity contribution in [2.75, 3.05) is 18.4 Å². The third-order valence-electron chi connectivity index (χ3n) is 4.41. The summed E-state index contributed by atoms with van der Waals surface area (Å²) in [6.07, 6.45) is 4.04. The molecule has 3 rings (SSSR count). The summed E-state index contributed by atoms with van der Waals surface area (Å²) in [5, 5.41) is 9.21. The first kappa shape index (κ1) is 17.1. The quantitative estimate of drug-likeness (QED) is 0.797. The zero-order valence-corrected chi connectivity index (χ0v) is 14.2. The van der Waals surface area contributed by atoms with Crippen LogP contribution in [0.15, 0.2) is 48.8 Å². The summed E-state index contributed by atoms with van der Waals surface area (Å²) in [7, 11) is 0. The zero-order valence-electron chi connectivity index (χ0n) is 14.2. The van der Waals surface area contributed by atoms with E-state index in [1.807, 2.05) is 0 Å². The van der Waals surface area contributed by atoms with E-state index < -0.39 is 0 Å². The molecule has 2 unspecified atom stereocenters. The van der Waals surface area contributed by atoms with Crippen molar-refractivity contribution in [3.05, 3.63) is 59.9 Å². The van der Waals surface area contributed by atoms with Crippen molar-refractivity contribution in [1.29, 1.82) is 0 Å². The molecule has 1 aliphatic rings. The van der Waals surface area contributed by atoms with E-state index in [0.717, 1.165) is 19.5 Å². The Labute approximate surface area is 147 Å². The van der Waals surface area contributed by atoms with E-state index in [1.165, 1.54) is 6.20 Å². The maximum absolute atomic E-state index is 12.5. The Hall–Kier alpha value is -2.73. The molecular formula is C19H22N4O2. The Morgan fingerprint density at radius 3 is 2.76 bits per heavy atom. The molecule has 3 N–H and O–H groups in total. The first-order chi connectivity index (χ1) is 12.1. The molecule has 0 radical (unpaired) electrons. The van der Waals surface area contributed by atoms with Crippen LogP contribution in [0.1, 0.15) is 34.1 Å². The van der Waals surface area contributed by atoms with Crippen molar-refractivity contribution in [3.8, 4) is 0 Å². The molecule has 25 heavy (non-hydrogen) atoms. The summed E-state index contributed by atoms with van der Waals surface area (Å²) >= 11 is 0. The second-order valence-electron chi connectivity index (χ2n) is 6.33. The fourth-order valence-electron chi connectivity index (χ4n) is 2.92. The molecule has 6 nitrogen and oxygen atoms in total. The topological polar surface area (TPSA) is 83.1 Å². The second kappa shape index (κ2) is 7.90. The van der Waals surface area contributed by atoms with Gasteiger partial charge in [0.1, 0.15) is 0 Å². The molecule has 130 valence electrons. The number of hydrogen-bond acceptors (Lipinski definition) is 4. The Kier molecular flexibility index (Phi) is 5.40. The molecule has 2 aromatic rings. The Bertz CT molecular complexity index is 748. The average molecular weight is 338 g/mol. The number of nitrogens with zero attached hydrogens (tertiary/aromatic N) is 1. The van der Waals surface area contributed by atoms with Crippen molar-refractivity contribution >= 4 is 17.5 Å². The molecule has 0 bridgehead atoms. The molecule has 6 heteroatoms. The lowest BCUT2D eigenvalue weighted by Gasteiger charge is -2.30. The van der Waals surface area contributed by atoms with Crippen LogP contribution in [0.5, 0.6) is 0 Å². The van der Waals surface area contributed by atoms with Gasteiger partial charge in [-0.25, -0.2) is 0 Å². The van der Waals surface area contributed by atoms with Gasteiger partial charge in [-0.2, -0.15) is 0 Å². The lowest BCUT2D eigenvalue weighted by molar-refractivity contribution is 0.0913. The van der Waals surface area contributed by atoms with Crippen LogP contribution in [0.4, 0.5) is 5.69 Å². The van der Waals surface area contributed by atoms with Crippen LogP contribution in [0.2, 0.25) is 0 Å². The fourth-order valence-corrected chi connectivity index (χ4v) is 2.92. The van der Waals surface area contributed by atoms with Gasteiger partial charge in [0.15, 0.2) is 0 Å². The van der Waals surface area contributed by atoms with Crippen LogP contribution < -0.4 is 16.0 Å². The summed E-state index contributed by atoms with van der Waals surface area (Å²) in [4.78, 5) is 28.6. The van der Waals surface area contributed by atoms with Crippen molar-refractivity contribution in [3.63, 3.8) is 0 Å². The molecule has 1 aromatic heterocycles. The van der Waals surface area contributed by atoms with Gasteiger partial charge in [-0.05, 0) is 55.8 Å². The summed E-state index contributed by atoms with van der Waals surface area (Å²) in [6, 6.07) is 10.5. The van der Waals surface area contributed by atoms with E-state index >= 15 is 0 Å². The van der Waals surface area contributed by atoms with E-state index in [0.29, 0.717) is 22.7 Å². The van der Waals surface area contributed by atoms with Gasteiger partial charge in [0, 0.05) is 29.7 Å².